The summed E-state index contributed by atoms with van der Waals surface area (Å²) in [5.41, 5.74) is -0.120. The molecule has 0 spiro atoms. The quantitative estimate of drug-likeness (QED) is 0.629. The van der Waals surface area contributed by atoms with Crippen LogP contribution in [0.3, 0.4) is 0 Å². The zero-order chi connectivity index (χ0) is 9.30. The Bertz CT molecular complexity index is 243. The van der Waals surface area contributed by atoms with E-state index in [-0.39, 0.29) is 17.6 Å². The minimum atomic E-state index is -1.13. The van der Waals surface area contributed by atoms with Gasteiger partial charge in [0.05, 0.1) is 0 Å². The summed E-state index contributed by atoms with van der Waals surface area (Å²) >= 11 is 0. The van der Waals surface area contributed by atoms with E-state index in [2.05, 4.69) is 6.58 Å². The zero-order valence-electron chi connectivity index (χ0n) is 6.91. The number of hydrogen-bond acceptors (Lipinski definition) is 2. The predicted molar refractivity (Wildman–Crippen MR) is 42.3 cm³/mol. The number of nitrogens with zero attached hydrogens (tertiary/aromatic N) is 1. The Hall–Kier alpha value is -1.32. The molecule has 1 fully saturated rings. The van der Waals surface area contributed by atoms with Crippen LogP contribution >= 0.6 is 0 Å². The van der Waals surface area contributed by atoms with Crippen LogP contribution in [-0.2, 0) is 9.59 Å². The van der Waals surface area contributed by atoms with Crippen LogP contribution < -0.4 is 0 Å². The van der Waals surface area contributed by atoms with E-state index in [4.69, 9.17) is 5.11 Å². The molecule has 12 heavy (non-hydrogen) atoms. The second-order valence-electron chi connectivity index (χ2n) is 2.87. The summed E-state index contributed by atoms with van der Waals surface area (Å²) in [6.45, 7) is 4.70. The van der Waals surface area contributed by atoms with Crippen molar-refractivity contribution in [3.8, 4) is 0 Å². The molecule has 0 saturated heterocycles. The van der Waals surface area contributed by atoms with E-state index in [0.717, 1.165) is 12.8 Å². The third-order valence-electron chi connectivity index (χ3n) is 1.79. The van der Waals surface area contributed by atoms with Gasteiger partial charge in [-0.25, -0.2) is 4.79 Å². The molecule has 0 aromatic carbocycles. The Labute approximate surface area is 70.5 Å². The van der Waals surface area contributed by atoms with Gasteiger partial charge in [0.2, 0.25) is 5.91 Å². The smallest absolute Gasteiger partial charge is 0.351 e. The monoisotopic (exact) mass is 169 g/mol. The Morgan fingerprint density at radius 2 is 2.00 bits per heavy atom. The normalized spacial score (nSPS) is 15.4. The molecular formula is C8H11NO3. The second kappa shape index (κ2) is 2.97. The number of carbonyl (C=O) groups excluding carboxylic acids is 1. The highest BCUT2D eigenvalue weighted by molar-refractivity contribution is 5.91. The maximum Gasteiger partial charge on any atom is 0.351 e. The fourth-order valence-electron chi connectivity index (χ4n) is 1.10. The summed E-state index contributed by atoms with van der Waals surface area (Å²) in [4.78, 5) is 22.7. The highest BCUT2D eigenvalue weighted by Gasteiger charge is 2.34. The van der Waals surface area contributed by atoms with Crippen LogP contribution in [0.2, 0.25) is 0 Å². The molecule has 4 heteroatoms. The molecule has 0 aromatic heterocycles. The van der Waals surface area contributed by atoms with Crippen molar-refractivity contribution in [2.75, 3.05) is 0 Å². The summed E-state index contributed by atoms with van der Waals surface area (Å²) in [5, 5.41) is 8.58. The number of amides is 1. The average Bonchev–Trinajstić information content (AvgIpc) is 2.70. The van der Waals surface area contributed by atoms with Gasteiger partial charge < -0.3 is 10.0 Å². The lowest BCUT2D eigenvalue weighted by molar-refractivity contribution is -0.139. The summed E-state index contributed by atoms with van der Waals surface area (Å²) in [6.07, 6.45) is 1.76. The molecule has 1 aliphatic carbocycles. The molecule has 0 unspecified atom stereocenters. The van der Waals surface area contributed by atoms with Gasteiger partial charge in [0.15, 0.2) is 0 Å². The maximum absolute atomic E-state index is 11.0. The molecule has 4 nitrogen and oxygen atoms in total. The van der Waals surface area contributed by atoms with Gasteiger partial charge in [0.1, 0.15) is 5.70 Å². The summed E-state index contributed by atoms with van der Waals surface area (Å²) in [6, 6.07) is 0.0751. The number of aliphatic carboxylic acids is 1. The van der Waals surface area contributed by atoms with Crippen LogP contribution in [0.1, 0.15) is 19.8 Å². The van der Waals surface area contributed by atoms with Gasteiger partial charge in [0.25, 0.3) is 0 Å². The first-order valence-electron chi connectivity index (χ1n) is 3.76. The minimum Gasteiger partial charge on any atom is -0.477 e. The van der Waals surface area contributed by atoms with Gasteiger partial charge in [-0.05, 0) is 12.8 Å². The van der Waals surface area contributed by atoms with E-state index >= 15 is 0 Å². The molecular weight excluding hydrogens is 158 g/mol. The van der Waals surface area contributed by atoms with Gasteiger partial charge >= 0.3 is 5.97 Å². The Morgan fingerprint density at radius 3 is 2.25 bits per heavy atom. The fraction of sp³-hybridized carbons (Fsp3) is 0.500. The minimum absolute atomic E-state index is 0.0751. The molecule has 0 aromatic rings. The van der Waals surface area contributed by atoms with Gasteiger partial charge in [0, 0.05) is 13.0 Å². The first-order valence-corrected chi connectivity index (χ1v) is 3.76. The lowest BCUT2D eigenvalue weighted by Crippen LogP contribution is -2.33. The number of hydrogen-bond donors (Lipinski definition) is 1. The largest absolute Gasteiger partial charge is 0.477 e. The molecule has 1 saturated carbocycles. The number of rotatable bonds is 3. The molecule has 66 valence electrons. The first-order chi connectivity index (χ1) is 5.54. The Morgan fingerprint density at radius 1 is 1.50 bits per heavy atom. The summed E-state index contributed by atoms with van der Waals surface area (Å²) in [7, 11) is 0. The second-order valence-corrected chi connectivity index (χ2v) is 2.87. The van der Waals surface area contributed by atoms with E-state index in [0.29, 0.717) is 0 Å². The van der Waals surface area contributed by atoms with E-state index in [1.54, 1.807) is 0 Å². The number of carboxylic acid groups (broad SMARTS) is 1. The van der Waals surface area contributed by atoms with E-state index < -0.39 is 5.97 Å². The Kier molecular flexibility index (Phi) is 2.17. The van der Waals surface area contributed by atoms with Crippen molar-refractivity contribution in [1.82, 2.24) is 4.90 Å². The lowest BCUT2D eigenvalue weighted by atomic mass is 10.3. The Balaban J connectivity index is 2.71. The van der Waals surface area contributed by atoms with Crippen molar-refractivity contribution in [3.05, 3.63) is 12.3 Å². The van der Waals surface area contributed by atoms with Crippen molar-refractivity contribution < 1.29 is 14.7 Å². The van der Waals surface area contributed by atoms with E-state index in [9.17, 15) is 9.59 Å². The molecule has 1 aliphatic rings. The van der Waals surface area contributed by atoms with Gasteiger partial charge in [-0.1, -0.05) is 6.58 Å². The van der Waals surface area contributed by atoms with Crippen LogP contribution in [0.25, 0.3) is 0 Å². The SMILES string of the molecule is C=C(C(=O)O)N(C(C)=O)C1CC1. The van der Waals surface area contributed by atoms with Gasteiger partial charge in [-0.3, -0.25) is 4.79 Å². The van der Waals surface area contributed by atoms with Crippen LogP contribution in [0.4, 0.5) is 0 Å². The molecule has 1 amide bonds. The van der Waals surface area contributed by atoms with Crippen LogP contribution in [0.15, 0.2) is 12.3 Å². The summed E-state index contributed by atoms with van der Waals surface area (Å²) < 4.78 is 0. The van der Waals surface area contributed by atoms with Crippen molar-refractivity contribution >= 4 is 11.9 Å². The molecule has 0 bridgehead atoms. The lowest BCUT2D eigenvalue weighted by Gasteiger charge is -2.19. The maximum atomic E-state index is 11.0. The molecule has 0 aliphatic heterocycles. The number of carbonyl (C=O) groups is 2. The van der Waals surface area contributed by atoms with Crippen molar-refractivity contribution in [2.24, 2.45) is 0 Å². The molecule has 0 radical (unpaired) electrons. The molecule has 1 rings (SSSR count). The summed E-state index contributed by atoms with van der Waals surface area (Å²) in [5.74, 6) is -1.37. The van der Waals surface area contributed by atoms with Crippen molar-refractivity contribution in [3.63, 3.8) is 0 Å². The first kappa shape index (κ1) is 8.77. The van der Waals surface area contributed by atoms with E-state index in [1.165, 1.54) is 11.8 Å². The highest BCUT2D eigenvalue weighted by atomic mass is 16.4. The average molecular weight is 169 g/mol. The van der Waals surface area contributed by atoms with Crippen molar-refractivity contribution in [2.45, 2.75) is 25.8 Å². The molecule has 1 N–H and O–H groups in total. The fourth-order valence-corrected chi connectivity index (χ4v) is 1.10. The van der Waals surface area contributed by atoms with Crippen LogP contribution in [0.5, 0.6) is 0 Å². The third-order valence-corrected chi connectivity index (χ3v) is 1.79. The molecule has 0 heterocycles. The van der Waals surface area contributed by atoms with Gasteiger partial charge in [-0.2, -0.15) is 0 Å². The highest BCUT2D eigenvalue weighted by Crippen LogP contribution is 2.29. The molecule has 0 atom stereocenters. The van der Waals surface area contributed by atoms with Gasteiger partial charge in [-0.15, -0.1) is 0 Å². The predicted octanol–water partition coefficient (Wildman–Crippen LogP) is 0.596. The number of carboxylic acids is 1. The topological polar surface area (TPSA) is 57.6 Å². The standard InChI is InChI=1S/C8H11NO3/c1-5(8(11)12)9(6(2)10)7-3-4-7/h7H,1,3-4H2,2H3,(H,11,12). The zero-order valence-corrected chi connectivity index (χ0v) is 6.91. The van der Waals surface area contributed by atoms with Crippen LogP contribution in [-0.4, -0.2) is 27.9 Å². The third kappa shape index (κ3) is 1.64. The van der Waals surface area contributed by atoms with Crippen molar-refractivity contribution in [1.29, 1.82) is 0 Å². The van der Waals surface area contributed by atoms with Crippen LogP contribution in [0, 0.1) is 0 Å². The van der Waals surface area contributed by atoms with E-state index in [1.807, 2.05) is 0 Å².